The smallest absolute Gasteiger partial charge is 0.147 e. The molecular weight excluding hydrogens is 441 g/mol. The molecule has 3 aromatic rings. The van der Waals surface area contributed by atoms with Gasteiger partial charge in [-0.15, -0.1) is 12.4 Å². The van der Waals surface area contributed by atoms with Crippen molar-refractivity contribution >= 4 is 18.2 Å². The molecule has 168 valence electrons. The molecule has 6 nitrogen and oxygen atoms in total. The molecule has 0 aliphatic carbocycles. The summed E-state index contributed by atoms with van der Waals surface area (Å²) in [5, 5.41) is 19.3. The molecular formula is C25H23ClFN5O. The Morgan fingerprint density at radius 1 is 1.06 bits per heavy atom. The highest BCUT2D eigenvalue weighted by molar-refractivity contribution is 5.90. The lowest BCUT2D eigenvalue weighted by Crippen LogP contribution is -2.40. The van der Waals surface area contributed by atoms with Gasteiger partial charge in [-0.25, -0.2) is 9.37 Å². The van der Waals surface area contributed by atoms with Gasteiger partial charge in [-0.1, -0.05) is 18.2 Å². The highest BCUT2D eigenvalue weighted by Crippen LogP contribution is 2.39. The van der Waals surface area contributed by atoms with Gasteiger partial charge in [-0.05, 0) is 48.2 Å². The molecule has 33 heavy (non-hydrogen) atoms. The fourth-order valence-electron chi connectivity index (χ4n) is 4.01. The molecule has 4 rings (SSSR count). The van der Waals surface area contributed by atoms with E-state index in [4.69, 9.17) is 15.7 Å². The van der Waals surface area contributed by atoms with Gasteiger partial charge in [0, 0.05) is 36.5 Å². The topological polar surface area (TPSA) is 99.0 Å². The molecule has 0 unspecified atom stereocenters. The van der Waals surface area contributed by atoms with Crippen molar-refractivity contribution in [3.05, 3.63) is 65.6 Å². The fourth-order valence-corrected chi connectivity index (χ4v) is 4.01. The summed E-state index contributed by atoms with van der Waals surface area (Å²) in [4.78, 5) is 6.70. The minimum absolute atomic E-state index is 0. The third kappa shape index (κ3) is 4.75. The lowest BCUT2D eigenvalue weighted by Gasteiger charge is -2.32. The number of rotatable bonds is 4. The van der Waals surface area contributed by atoms with E-state index in [0.29, 0.717) is 46.9 Å². The van der Waals surface area contributed by atoms with Gasteiger partial charge in [0.1, 0.15) is 35.1 Å². The molecule has 0 bridgehead atoms. The normalized spacial score (nSPS) is 13.5. The summed E-state index contributed by atoms with van der Waals surface area (Å²) in [7, 11) is 1.59. The lowest BCUT2D eigenvalue weighted by molar-refractivity contribution is 0.415. The molecule has 2 aromatic carbocycles. The molecule has 1 fully saturated rings. The largest absolute Gasteiger partial charge is 0.497 e. The molecule has 2 N–H and O–H groups in total. The molecule has 0 radical (unpaired) electrons. The molecule has 0 saturated carbocycles. The summed E-state index contributed by atoms with van der Waals surface area (Å²) >= 11 is 0. The third-order valence-electron chi connectivity index (χ3n) is 5.79. The first kappa shape index (κ1) is 24.0. The van der Waals surface area contributed by atoms with E-state index in [1.165, 1.54) is 12.1 Å². The molecule has 0 amide bonds. The van der Waals surface area contributed by atoms with Crippen LogP contribution >= 0.6 is 12.4 Å². The first-order chi connectivity index (χ1) is 15.5. The van der Waals surface area contributed by atoms with Crippen molar-refractivity contribution < 1.29 is 9.13 Å². The minimum atomic E-state index is -0.628. The van der Waals surface area contributed by atoms with Gasteiger partial charge < -0.3 is 15.4 Å². The summed E-state index contributed by atoms with van der Waals surface area (Å²) in [5.41, 5.74) is 8.99. The Balaban J connectivity index is 0.00000306. The summed E-state index contributed by atoms with van der Waals surface area (Å²) in [6, 6.07) is 16.1. The zero-order valence-corrected chi connectivity index (χ0v) is 18.9. The Morgan fingerprint density at radius 3 is 2.30 bits per heavy atom. The van der Waals surface area contributed by atoms with E-state index in [-0.39, 0.29) is 24.0 Å². The van der Waals surface area contributed by atoms with Crippen molar-refractivity contribution in [3.8, 4) is 40.1 Å². The number of methoxy groups -OCH3 is 1. The molecule has 0 atom stereocenters. The Morgan fingerprint density at radius 2 is 1.73 bits per heavy atom. The second kappa shape index (κ2) is 10.3. The maximum absolute atomic E-state index is 14.5. The van der Waals surface area contributed by atoms with Crippen LogP contribution in [0.1, 0.15) is 24.0 Å². The van der Waals surface area contributed by atoms with E-state index in [1.807, 2.05) is 30.3 Å². The second-order valence-corrected chi connectivity index (χ2v) is 7.72. The van der Waals surface area contributed by atoms with Gasteiger partial charge in [0.05, 0.1) is 12.7 Å². The van der Waals surface area contributed by atoms with Gasteiger partial charge in [0.2, 0.25) is 0 Å². The number of aromatic nitrogens is 1. The van der Waals surface area contributed by atoms with Crippen LogP contribution in [0, 0.1) is 28.5 Å². The van der Waals surface area contributed by atoms with Crippen LogP contribution in [0.3, 0.4) is 0 Å². The van der Waals surface area contributed by atoms with Crippen molar-refractivity contribution in [2.24, 2.45) is 5.73 Å². The van der Waals surface area contributed by atoms with Crippen LogP contribution < -0.4 is 15.4 Å². The zero-order valence-electron chi connectivity index (χ0n) is 18.1. The van der Waals surface area contributed by atoms with E-state index in [2.05, 4.69) is 16.0 Å². The van der Waals surface area contributed by atoms with Crippen LogP contribution in [0.4, 0.5) is 10.2 Å². The monoisotopic (exact) mass is 463 g/mol. The summed E-state index contributed by atoms with van der Waals surface area (Å²) in [5.74, 6) is 0.641. The van der Waals surface area contributed by atoms with Gasteiger partial charge in [0.15, 0.2) is 0 Å². The number of nitrogens with two attached hydrogens (primary N) is 1. The zero-order chi connectivity index (χ0) is 22.7. The number of pyridine rings is 1. The van der Waals surface area contributed by atoms with Crippen LogP contribution in [0.5, 0.6) is 5.75 Å². The van der Waals surface area contributed by atoms with Gasteiger partial charge in [-0.3, -0.25) is 0 Å². The average molecular weight is 464 g/mol. The van der Waals surface area contributed by atoms with Gasteiger partial charge in [-0.2, -0.15) is 10.5 Å². The lowest BCUT2D eigenvalue weighted by atomic mass is 9.91. The molecule has 0 spiro atoms. The van der Waals surface area contributed by atoms with Crippen LogP contribution in [0.2, 0.25) is 0 Å². The van der Waals surface area contributed by atoms with Gasteiger partial charge in [0.25, 0.3) is 0 Å². The Bertz CT molecular complexity index is 1230. The van der Waals surface area contributed by atoms with E-state index in [1.54, 1.807) is 19.4 Å². The summed E-state index contributed by atoms with van der Waals surface area (Å²) in [6.45, 7) is 1.40. The predicted octanol–water partition coefficient (Wildman–Crippen LogP) is 4.66. The van der Waals surface area contributed by atoms with Crippen molar-refractivity contribution in [3.63, 3.8) is 0 Å². The summed E-state index contributed by atoms with van der Waals surface area (Å²) in [6.07, 6.45) is 3.35. The van der Waals surface area contributed by atoms with Crippen LogP contribution in [0.15, 0.2) is 48.7 Å². The maximum atomic E-state index is 14.5. The van der Waals surface area contributed by atoms with E-state index in [9.17, 15) is 9.65 Å². The number of anilines is 1. The highest BCUT2D eigenvalue weighted by Gasteiger charge is 2.25. The number of nitriles is 2. The van der Waals surface area contributed by atoms with E-state index >= 15 is 0 Å². The third-order valence-corrected chi connectivity index (χ3v) is 5.79. The predicted molar refractivity (Wildman–Crippen MR) is 128 cm³/mol. The Hall–Kier alpha value is -3.65. The van der Waals surface area contributed by atoms with Crippen LogP contribution in [-0.4, -0.2) is 31.2 Å². The molecule has 1 saturated heterocycles. The number of hydrogen-bond acceptors (Lipinski definition) is 6. The number of ether oxygens (including phenoxy) is 1. The number of halogens is 2. The van der Waals surface area contributed by atoms with E-state index < -0.39 is 5.82 Å². The van der Waals surface area contributed by atoms with Crippen LogP contribution in [-0.2, 0) is 0 Å². The quantitative estimate of drug-likeness (QED) is 0.604. The molecule has 1 aliphatic rings. The maximum Gasteiger partial charge on any atom is 0.147 e. The number of piperidine rings is 1. The first-order valence-electron chi connectivity index (χ1n) is 10.3. The molecule has 8 heteroatoms. The number of hydrogen-bond donors (Lipinski definition) is 1. The summed E-state index contributed by atoms with van der Waals surface area (Å²) < 4.78 is 19.8. The molecule has 2 heterocycles. The van der Waals surface area contributed by atoms with Crippen molar-refractivity contribution in [1.29, 1.82) is 10.5 Å². The van der Waals surface area contributed by atoms with Gasteiger partial charge >= 0.3 is 0 Å². The number of benzene rings is 2. The SMILES string of the molecule is COc1ccc(-c2cnc(N3CCC(N)CC3)c(C#N)c2-c2ccc(C#N)c(F)c2)cc1.Cl. The average Bonchev–Trinajstić information content (AvgIpc) is 2.83. The Kier molecular flexibility index (Phi) is 7.50. The van der Waals surface area contributed by atoms with E-state index in [0.717, 1.165) is 18.4 Å². The van der Waals surface area contributed by atoms with Crippen molar-refractivity contribution in [1.82, 2.24) is 4.98 Å². The standard InChI is InChI=1S/C25H22FN5O.ClH/c1-32-20-6-4-16(5-7-20)22-15-30-25(31-10-8-19(29)9-11-31)21(14-28)24(22)17-2-3-18(13-27)23(26)12-17;/h2-7,12,15,19H,8-11,29H2,1H3;1H. The number of nitrogens with zero attached hydrogens (tertiary/aromatic N) is 4. The first-order valence-corrected chi connectivity index (χ1v) is 10.3. The second-order valence-electron chi connectivity index (χ2n) is 7.72. The fraction of sp³-hybridized carbons (Fsp3) is 0.240. The molecule has 1 aromatic heterocycles. The van der Waals surface area contributed by atoms with Crippen LogP contribution in [0.25, 0.3) is 22.3 Å². The molecule has 1 aliphatic heterocycles. The van der Waals surface area contributed by atoms with Crippen molar-refractivity contribution in [2.45, 2.75) is 18.9 Å². The highest BCUT2D eigenvalue weighted by atomic mass is 35.5. The van der Waals surface area contributed by atoms with Crippen molar-refractivity contribution in [2.75, 3.05) is 25.1 Å². The minimum Gasteiger partial charge on any atom is -0.497 e. The Labute approximate surface area is 198 Å².